The third-order valence-corrected chi connectivity index (χ3v) is 3.78. The normalized spacial score (nSPS) is 37.1. The summed E-state index contributed by atoms with van der Waals surface area (Å²) in [5.41, 5.74) is 0. The average molecular weight is 307 g/mol. The summed E-state index contributed by atoms with van der Waals surface area (Å²) < 4.78 is -0.0566. The van der Waals surface area contributed by atoms with E-state index in [9.17, 15) is 9.59 Å². The summed E-state index contributed by atoms with van der Waals surface area (Å²) in [6.07, 6.45) is 5.15. The Morgan fingerprint density at radius 1 is 1.46 bits per heavy atom. The summed E-state index contributed by atoms with van der Waals surface area (Å²) in [4.78, 5) is 22.7. The molecular weight excluding hydrogens is 302 g/mol. The molecule has 0 aromatic rings. The molecule has 1 aliphatic heterocycles. The first-order chi connectivity index (χ1) is 6.04. The zero-order chi connectivity index (χ0) is 9.64. The lowest BCUT2D eigenvalue weighted by molar-refractivity contribution is -0.125. The third kappa shape index (κ3) is 1.21. The van der Waals surface area contributed by atoms with E-state index in [0.717, 1.165) is 4.48 Å². The molecule has 2 aliphatic rings. The minimum absolute atomic E-state index is 0.261. The van der Waals surface area contributed by atoms with Crippen LogP contribution in [0, 0.1) is 5.92 Å². The van der Waals surface area contributed by atoms with Gasteiger partial charge in [-0.1, -0.05) is 50.1 Å². The van der Waals surface area contributed by atoms with Crippen LogP contribution in [-0.2, 0) is 9.59 Å². The SMILES string of the molecule is O=C1NC(=O)C2(Br)C=CC(Br)=CC12. The van der Waals surface area contributed by atoms with Gasteiger partial charge in [0.15, 0.2) is 0 Å². The van der Waals surface area contributed by atoms with Crippen molar-refractivity contribution in [2.24, 2.45) is 5.92 Å². The van der Waals surface area contributed by atoms with E-state index in [1.807, 2.05) is 0 Å². The molecule has 1 fully saturated rings. The van der Waals surface area contributed by atoms with Gasteiger partial charge in [-0.3, -0.25) is 14.9 Å². The van der Waals surface area contributed by atoms with Crippen molar-refractivity contribution in [3.05, 3.63) is 22.7 Å². The van der Waals surface area contributed by atoms with Crippen LogP contribution < -0.4 is 5.32 Å². The number of alkyl halides is 1. The van der Waals surface area contributed by atoms with E-state index in [1.54, 1.807) is 18.2 Å². The molecule has 0 spiro atoms. The highest BCUT2D eigenvalue weighted by Gasteiger charge is 2.52. The van der Waals surface area contributed by atoms with E-state index >= 15 is 0 Å². The van der Waals surface area contributed by atoms with Gasteiger partial charge in [0.05, 0.1) is 5.92 Å². The van der Waals surface area contributed by atoms with E-state index < -0.39 is 10.2 Å². The Balaban J connectivity index is 2.49. The second-order valence-corrected chi connectivity index (χ2v) is 5.18. The highest BCUT2D eigenvalue weighted by Crippen LogP contribution is 2.40. The van der Waals surface area contributed by atoms with E-state index in [-0.39, 0.29) is 11.8 Å². The molecule has 0 saturated carbocycles. The Hall–Kier alpha value is -0.420. The lowest BCUT2D eigenvalue weighted by Crippen LogP contribution is -2.34. The molecule has 1 N–H and O–H groups in total. The van der Waals surface area contributed by atoms with Crippen molar-refractivity contribution >= 4 is 43.7 Å². The summed E-state index contributed by atoms with van der Waals surface area (Å²) in [6.45, 7) is 0. The lowest BCUT2D eigenvalue weighted by Gasteiger charge is -2.21. The van der Waals surface area contributed by atoms with Crippen LogP contribution in [0.3, 0.4) is 0 Å². The van der Waals surface area contributed by atoms with Gasteiger partial charge in [0.25, 0.3) is 0 Å². The molecular formula is C8H5Br2NO2. The summed E-state index contributed by atoms with van der Waals surface area (Å²) in [5, 5.41) is 2.28. The Morgan fingerprint density at radius 2 is 2.15 bits per heavy atom. The summed E-state index contributed by atoms with van der Waals surface area (Å²) in [5.74, 6) is -1.00. The quantitative estimate of drug-likeness (QED) is 0.541. The molecule has 1 saturated heterocycles. The van der Waals surface area contributed by atoms with E-state index in [4.69, 9.17) is 0 Å². The monoisotopic (exact) mass is 305 g/mol. The number of hydrogen-bond donors (Lipinski definition) is 1. The Kier molecular flexibility index (Phi) is 1.96. The maximum Gasteiger partial charge on any atom is 0.248 e. The predicted molar refractivity (Wildman–Crippen MR) is 54.4 cm³/mol. The van der Waals surface area contributed by atoms with Crippen molar-refractivity contribution in [3.8, 4) is 0 Å². The van der Waals surface area contributed by atoms with Gasteiger partial charge in [0.1, 0.15) is 4.32 Å². The van der Waals surface area contributed by atoms with Crippen LogP contribution in [0.15, 0.2) is 22.7 Å². The molecule has 13 heavy (non-hydrogen) atoms. The van der Waals surface area contributed by atoms with Gasteiger partial charge in [-0.05, 0) is 0 Å². The number of rotatable bonds is 0. The number of nitrogens with one attached hydrogen (secondary N) is 1. The van der Waals surface area contributed by atoms with Crippen LogP contribution >= 0.6 is 31.9 Å². The Morgan fingerprint density at radius 3 is 2.85 bits per heavy atom. The fourth-order valence-electron chi connectivity index (χ4n) is 1.41. The second-order valence-electron chi connectivity index (χ2n) is 2.95. The largest absolute Gasteiger partial charge is 0.294 e. The van der Waals surface area contributed by atoms with Crippen molar-refractivity contribution in [1.29, 1.82) is 0 Å². The molecule has 2 unspecified atom stereocenters. The van der Waals surface area contributed by atoms with Crippen molar-refractivity contribution in [2.75, 3.05) is 0 Å². The Bertz CT molecular complexity index is 361. The van der Waals surface area contributed by atoms with Gasteiger partial charge >= 0.3 is 0 Å². The molecule has 0 bridgehead atoms. The number of allylic oxidation sites excluding steroid dienone is 2. The number of hydrogen-bond acceptors (Lipinski definition) is 2. The van der Waals surface area contributed by atoms with Crippen molar-refractivity contribution in [2.45, 2.75) is 4.32 Å². The van der Waals surface area contributed by atoms with Crippen molar-refractivity contribution in [3.63, 3.8) is 0 Å². The molecule has 0 aromatic heterocycles. The molecule has 68 valence electrons. The maximum atomic E-state index is 11.4. The van der Waals surface area contributed by atoms with Crippen molar-refractivity contribution in [1.82, 2.24) is 5.32 Å². The van der Waals surface area contributed by atoms with Crippen molar-refractivity contribution < 1.29 is 9.59 Å². The number of halogens is 2. The van der Waals surface area contributed by atoms with Crippen LogP contribution in [-0.4, -0.2) is 16.1 Å². The van der Waals surface area contributed by atoms with Crippen LogP contribution in [0.4, 0.5) is 0 Å². The zero-order valence-electron chi connectivity index (χ0n) is 6.38. The molecule has 2 amide bonds. The second kappa shape index (κ2) is 2.78. The van der Waals surface area contributed by atoms with Crippen LogP contribution in [0.25, 0.3) is 0 Å². The molecule has 0 radical (unpaired) electrons. The smallest absolute Gasteiger partial charge is 0.248 e. The third-order valence-electron chi connectivity index (χ3n) is 2.13. The standard InChI is InChI=1S/C8H5Br2NO2/c9-4-1-2-8(10)5(3-4)6(12)11-7(8)13/h1-3,5H,(H,11,12,13). The summed E-state index contributed by atoms with van der Waals surface area (Å²) in [7, 11) is 0. The summed E-state index contributed by atoms with van der Waals surface area (Å²) >= 11 is 6.53. The minimum Gasteiger partial charge on any atom is -0.294 e. The van der Waals surface area contributed by atoms with Gasteiger partial charge < -0.3 is 0 Å². The molecule has 1 aliphatic carbocycles. The maximum absolute atomic E-state index is 11.4. The number of imide groups is 1. The molecule has 2 atom stereocenters. The number of amides is 2. The topological polar surface area (TPSA) is 46.2 Å². The first-order valence-corrected chi connectivity index (χ1v) is 5.23. The molecule has 1 heterocycles. The Labute approximate surface area is 91.5 Å². The van der Waals surface area contributed by atoms with Gasteiger partial charge in [-0.2, -0.15) is 0 Å². The number of fused-ring (bicyclic) bond motifs is 1. The summed E-state index contributed by atoms with van der Waals surface area (Å²) in [6, 6.07) is 0. The first kappa shape index (κ1) is 9.15. The van der Waals surface area contributed by atoms with Gasteiger partial charge in [-0.25, -0.2) is 0 Å². The number of carbonyl (C=O) groups is 2. The van der Waals surface area contributed by atoms with E-state index in [2.05, 4.69) is 37.2 Å². The van der Waals surface area contributed by atoms with Crippen LogP contribution in [0.5, 0.6) is 0 Å². The van der Waals surface area contributed by atoms with E-state index in [0.29, 0.717) is 0 Å². The lowest BCUT2D eigenvalue weighted by atomic mass is 9.91. The fourth-order valence-corrected chi connectivity index (χ4v) is 2.38. The zero-order valence-corrected chi connectivity index (χ0v) is 9.55. The molecule has 5 heteroatoms. The highest BCUT2D eigenvalue weighted by molar-refractivity contribution is 9.12. The highest BCUT2D eigenvalue weighted by atomic mass is 79.9. The fraction of sp³-hybridized carbons (Fsp3) is 0.250. The van der Waals surface area contributed by atoms with Gasteiger partial charge in [0, 0.05) is 4.48 Å². The van der Waals surface area contributed by atoms with Crippen LogP contribution in [0.1, 0.15) is 0 Å². The first-order valence-electron chi connectivity index (χ1n) is 3.65. The van der Waals surface area contributed by atoms with Crippen LogP contribution in [0.2, 0.25) is 0 Å². The number of carbonyl (C=O) groups excluding carboxylic acids is 2. The van der Waals surface area contributed by atoms with E-state index in [1.165, 1.54) is 0 Å². The minimum atomic E-state index is -0.874. The van der Waals surface area contributed by atoms with Gasteiger partial charge in [-0.15, -0.1) is 0 Å². The molecule has 0 aromatic carbocycles. The predicted octanol–water partition coefficient (Wildman–Crippen LogP) is 1.24. The average Bonchev–Trinajstić information content (AvgIpc) is 2.28. The molecule has 3 nitrogen and oxygen atoms in total. The molecule has 2 rings (SSSR count). The van der Waals surface area contributed by atoms with Gasteiger partial charge in [0.2, 0.25) is 11.8 Å².